The number of nitrogens with one attached hydrogen (secondary N) is 1. The molecule has 0 saturated carbocycles. The highest BCUT2D eigenvalue weighted by atomic mass is 16.4. The minimum Gasteiger partial charge on any atom is -0.548 e. The average Bonchev–Trinajstić information content (AvgIpc) is 2.44. The molecular weight excluding hydrogens is 228 g/mol. The number of rotatable bonds is 5. The fraction of sp³-hybridized carbons (Fsp3) is 0.929. The Morgan fingerprint density at radius 2 is 1.61 bits per heavy atom. The van der Waals surface area contributed by atoms with Crippen molar-refractivity contribution in [2.75, 3.05) is 32.7 Å². The maximum Gasteiger partial charge on any atom is 0.0757 e. The first-order valence-corrected chi connectivity index (χ1v) is 7.34. The number of carboxylic acids is 1. The monoisotopic (exact) mass is 258 g/mol. The summed E-state index contributed by atoms with van der Waals surface area (Å²) in [5.41, 5.74) is 0. The topological polar surface area (TPSA) is 52.2 Å². The molecule has 108 valence electrons. The summed E-state index contributed by atoms with van der Waals surface area (Å²) in [7, 11) is 0. The number of hydrogen-bond donors (Lipinski definition) is 1. The lowest BCUT2D eigenvalue weighted by Gasteiger charge is -2.34. The molecule has 1 saturated heterocycles. The Balaban J connectivity index is 0.000000321. The zero-order chi connectivity index (χ0) is 14.0. The molecule has 4 nitrogen and oxygen atoms in total. The van der Waals surface area contributed by atoms with Crippen molar-refractivity contribution < 1.29 is 14.4 Å². The fourth-order valence-electron chi connectivity index (χ4n) is 2.39. The van der Waals surface area contributed by atoms with Gasteiger partial charge in [0.05, 0.1) is 32.1 Å². The molecule has 0 aromatic heterocycles. The van der Waals surface area contributed by atoms with Gasteiger partial charge in [-0.1, -0.05) is 6.42 Å². The predicted molar refractivity (Wildman–Crippen MR) is 73.1 cm³/mol. The van der Waals surface area contributed by atoms with E-state index in [9.17, 15) is 9.90 Å². The molecule has 1 fully saturated rings. The summed E-state index contributed by atoms with van der Waals surface area (Å²) >= 11 is 0. The predicted octanol–water partition coefficient (Wildman–Crippen LogP) is 0.761. The number of aliphatic carboxylic acids is 1. The Kier molecular flexibility index (Phi) is 9.02. The van der Waals surface area contributed by atoms with Crippen LogP contribution < -0.4 is 10.4 Å². The van der Waals surface area contributed by atoms with Crippen LogP contribution in [0.1, 0.15) is 47.0 Å². The molecule has 1 atom stereocenters. The number of carbonyl (C=O) groups is 1. The second kappa shape index (κ2) is 9.34. The van der Waals surface area contributed by atoms with Gasteiger partial charge in [-0.3, -0.25) is 0 Å². The molecule has 1 aliphatic heterocycles. The molecule has 1 heterocycles. The summed E-state index contributed by atoms with van der Waals surface area (Å²) < 4.78 is 1.28. The standard InChI is InChI=1S/C8H20N.C6H11NO2/c1-5-9(6-2,7-3)8-4;8-6(9)5-3-1-2-4-7-5/h5-8H2,1-4H3;5,7H,1-4H2,(H,8,9)/q+1;/p-1. The van der Waals surface area contributed by atoms with E-state index in [2.05, 4.69) is 33.0 Å². The van der Waals surface area contributed by atoms with Gasteiger partial charge in [0, 0.05) is 6.04 Å². The van der Waals surface area contributed by atoms with Crippen LogP contribution in [0.2, 0.25) is 0 Å². The van der Waals surface area contributed by atoms with Gasteiger partial charge >= 0.3 is 0 Å². The van der Waals surface area contributed by atoms with Crippen LogP contribution >= 0.6 is 0 Å². The molecule has 1 rings (SSSR count). The third-order valence-electron chi connectivity index (χ3n) is 4.28. The molecule has 0 aromatic rings. The van der Waals surface area contributed by atoms with E-state index < -0.39 is 12.0 Å². The Morgan fingerprint density at radius 3 is 1.78 bits per heavy atom. The quantitative estimate of drug-likeness (QED) is 0.741. The van der Waals surface area contributed by atoms with E-state index in [0.717, 1.165) is 25.8 Å². The van der Waals surface area contributed by atoms with Crippen molar-refractivity contribution in [3.05, 3.63) is 0 Å². The van der Waals surface area contributed by atoms with Crippen molar-refractivity contribution in [1.29, 1.82) is 0 Å². The Labute approximate surface area is 112 Å². The van der Waals surface area contributed by atoms with Crippen molar-refractivity contribution in [3.63, 3.8) is 0 Å². The number of hydrogen-bond acceptors (Lipinski definition) is 3. The second-order valence-corrected chi connectivity index (χ2v) is 4.93. The number of nitrogens with zero attached hydrogens (tertiary/aromatic N) is 1. The van der Waals surface area contributed by atoms with E-state index in [4.69, 9.17) is 0 Å². The molecule has 1 aliphatic rings. The largest absolute Gasteiger partial charge is 0.548 e. The highest BCUT2D eigenvalue weighted by Crippen LogP contribution is 2.05. The summed E-state index contributed by atoms with van der Waals surface area (Å²) in [6.45, 7) is 15.0. The molecule has 0 bridgehead atoms. The first-order valence-electron chi connectivity index (χ1n) is 7.34. The normalized spacial score (nSPS) is 19.9. The minimum atomic E-state index is -0.963. The third-order valence-corrected chi connectivity index (χ3v) is 4.28. The molecule has 18 heavy (non-hydrogen) atoms. The van der Waals surface area contributed by atoms with Crippen LogP contribution in [0.5, 0.6) is 0 Å². The average molecular weight is 258 g/mol. The highest BCUT2D eigenvalue weighted by Gasteiger charge is 2.16. The van der Waals surface area contributed by atoms with Crippen molar-refractivity contribution in [1.82, 2.24) is 5.32 Å². The first-order chi connectivity index (χ1) is 8.55. The number of carboxylic acid groups (broad SMARTS) is 1. The van der Waals surface area contributed by atoms with Crippen LogP contribution in [-0.2, 0) is 4.79 Å². The zero-order valence-corrected chi connectivity index (χ0v) is 12.5. The maximum atomic E-state index is 10.2. The van der Waals surface area contributed by atoms with Gasteiger partial charge < -0.3 is 19.7 Å². The summed E-state index contributed by atoms with van der Waals surface area (Å²) in [6.07, 6.45) is 2.82. The Morgan fingerprint density at radius 1 is 1.11 bits per heavy atom. The molecule has 0 aliphatic carbocycles. The second-order valence-electron chi connectivity index (χ2n) is 4.93. The maximum absolute atomic E-state index is 10.2. The molecule has 0 spiro atoms. The number of carbonyl (C=O) groups excluding carboxylic acids is 1. The van der Waals surface area contributed by atoms with E-state index in [-0.39, 0.29) is 0 Å². The molecule has 0 radical (unpaired) electrons. The van der Waals surface area contributed by atoms with Gasteiger partial charge in [0.2, 0.25) is 0 Å². The van der Waals surface area contributed by atoms with E-state index in [1.165, 1.54) is 30.7 Å². The van der Waals surface area contributed by atoms with Crippen molar-refractivity contribution in [2.24, 2.45) is 0 Å². The number of piperidine rings is 1. The summed E-state index contributed by atoms with van der Waals surface area (Å²) in [5.74, 6) is -0.963. The molecule has 1 unspecified atom stereocenters. The smallest absolute Gasteiger partial charge is 0.0757 e. The highest BCUT2D eigenvalue weighted by molar-refractivity contribution is 5.71. The summed E-state index contributed by atoms with van der Waals surface area (Å²) in [6, 6.07) is -0.390. The van der Waals surface area contributed by atoms with Gasteiger partial charge in [-0.15, -0.1) is 0 Å². The first kappa shape index (κ1) is 17.4. The molecule has 0 aromatic carbocycles. The van der Waals surface area contributed by atoms with E-state index >= 15 is 0 Å². The molecule has 1 N–H and O–H groups in total. The Hall–Kier alpha value is -0.610. The van der Waals surface area contributed by atoms with Crippen molar-refractivity contribution in [3.8, 4) is 0 Å². The van der Waals surface area contributed by atoms with E-state index in [0.29, 0.717) is 0 Å². The molecular formula is C14H30N2O2. The SMILES string of the molecule is CC[N+](CC)(CC)CC.O=C([O-])C1CCCCN1. The third kappa shape index (κ3) is 5.83. The van der Waals surface area contributed by atoms with Crippen LogP contribution in [-0.4, -0.2) is 49.2 Å². The lowest BCUT2D eigenvalue weighted by atomic mass is 10.1. The zero-order valence-electron chi connectivity index (χ0n) is 12.5. The van der Waals surface area contributed by atoms with Gasteiger partial charge in [0.15, 0.2) is 0 Å². The van der Waals surface area contributed by atoms with Crippen molar-refractivity contribution in [2.45, 2.75) is 53.0 Å². The fourth-order valence-corrected chi connectivity index (χ4v) is 2.39. The van der Waals surface area contributed by atoms with Crippen molar-refractivity contribution >= 4 is 5.97 Å². The van der Waals surface area contributed by atoms with Gasteiger partial charge in [0.1, 0.15) is 0 Å². The van der Waals surface area contributed by atoms with E-state index in [1.807, 2.05) is 0 Å². The van der Waals surface area contributed by atoms with Crippen LogP contribution in [0.4, 0.5) is 0 Å². The van der Waals surface area contributed by atoms with Crippen LogP contribution in [0.15, 0.2) is 0 Å². The van der Waals surface area contributed by atoms with Gasteiger partial charge in [-0.2, -0.15) is 0 Å². The van der Waals surface area contributed by atoms with E-state index in [1.54, 1.807) is 0 Å². The Bertz CT molecular complexity index is 204. The lowest BCUT2D eigenvalue weighted by Crippen LogP contribution is -2.47. The summed E-state index contributed by atoms with van der Waals surface area (Å²) in [4.78, 5) is 10.2. The number of quaternary nitrogens is 1. The minimum absolute atomic E-state index is 0.390. The lowest BCUT2D eigenvalue weighted by molar-refractivity contribution is -0.921. The van der Waals surface area contributed by atoms with Crippen LogP contribution in [0.25, 0.3) is 0 Å². The van der Waals surface area contributed by atoms with Gasteiger partial charge in [0.25, 0.3) is 0 Å². The molecule has 0 amide bonds. The van der Waals surface area contributed by atoms with Gasteiger partial charge in [-0.25, -0.2) is 0 Å². The van der Waals surface area contributed by atoms with Gasteiger partial charge in [-0.05, 0) is 47.1 Å². The molecule has 4 heteroatoms. The van der Waals surface area contributed by atoms with Crippen LogP contribution in [0, 0.1) is 0 Å². The van der Waals surface area contributed by atoms with Crippen LogP contribution in [0.3, 0.4) is 0 Å². The summed E-state index contributed by atoms with van der Waals surface area (Å²) in [5, 5.41) is 13.0.